The Morgan fingerprint density at radius 3 is 2.30 bits per heavy atom. The van der Waals surface area contributed by atoms with Crippen LogP contribution in [0.15, 0.2) is 0 Å². The predicted molar refractivity (Wildman–Crippen MR) is 40.3 cm³/mol. The number of ether oxygens (including phenoxy) is 1. The summed E-state index contributed by atoms with van der Waals surface area (Å²) in [5, 5.41) is 0. The van der Waals surface area contributed by atoms with Crippen LogP contribution in [0.25, 0.3) is 0 Å². The minimum Gasteiger partial charge on any atom is -0.369 e. The molecule has 0 aliphatic carbocycles. The van der Waals surface area contributed by atoms with E-state index in [2.05, 4.69) is 6.92 Å². The van der Waals surface area contributed by atoms with Gasteiger partial charge in [0.2, 0.25) is 0 Å². The molecule has 60 valence electrons. The summed E-state index contributed by atoms with van der Waals surface area (Å²) >= 11 is 0. The SMILES string of the molecule is CCC1O[C@@H]1CC(C)(N)N. The predicted octanol–water partition coefficient (Wildman–Crippen LogP) is 0.188. The normalized spacial score (nSPS) is 32.4. The van der Waals surface area contributed by atoms with E-state index in [1.165, 1.54) is 0 Å². The van der Waals surface area contributed by atoms with E-state index in [1.807, 2.05) is 6.92 Å². The van der Waals surface area contributed by atoms with Crippen molar-refractivity contribution >= 4 is 0 Å². The first kappa shape index (κ1) is 7.98. The standard InChI is InChI=1S/C7H16N2O/c1-3-5-6(10-5)4-7(2,8)9/h5-6H,3-4,8-9H2,1-2H3/t5?,6-/m1/s1. The molecular formula is C7H16N2O. The van der Waals surface area contributed by atoms with E-state index < -0.39 is 5.66 Å². The summed E-state index contributed by atoms with van der Waals surface area (Å²) in [6, 6.07) is 0. The molecule has 0 bridgehead atoms. The van der Waals surface area contributed by atoms with Gasteiger partial charge in [-0.15, -0.1) is 0 Å². The van der Waals surface area contributed by atoms with Crippen LogP contribution in [0, 0.1) is 0 Å². The molecule has 10 heavy (non-hydrogen) atoms. The van der Waals surface area contributed by atoms with E-state index in [0.717, 1.165) is 12.8 Å². The van der Waals surface area contributed by atoms with Gasteiger partial charge >= 0.3 is 0 Å². The van der Waals surface area contributed by atoms with Crippen molar-refractivity contribution in [3.05, 3.63) is 0 Å². The van der Waals surface area contributed by atoms with Crippen LogP contribution in [-0.2, 0) is 4.74 Å². The first-order valence-electron chi connectivity index (χ1n) is 3.76. The Labute approximate surface area is 61.7 Å². The highest BCUT2D eigenvalue weighted by Crippen LogP contribution is 2.29. The van der Waals surface area contributed by atoms with Crippen LogP contribution in [-0.4, -0.2) is 17.9 Å². The molecule has 1 heterocycles. The van der Waals surface area contributed by atoms with Crippen LogP contribution in [0.3, 0.4) is 0 Å². The molecule has 2 atom stereocenters. The summed E-state index contributed by atoms with van der Waals surface area (Å²) in [5.74, 6) is 0. The van der Waals surface area contributed by atoms with Crippen molar-refractivity contribution in [1.82, 2.24) is 0 Å². The lowest BCUT2D eigenvalue weighted by atomic mass is 10.1. The van der Waals surface area contributed by atoms with Crippen molar-refractivity contribution in [2.24, 2.45) is 11.5 Å². The van der Waals surface area contributed by atoms with E-state index in [-0.39, 0.29) is 0 Å². The van der Waals surface area contributed by atoms with Crippen LogP contribution in [0.4, 0.5) is 0 Å². The topological polar surface area (TPSA) is 64.6 Å². The largest absolute Gasteiger partial charge is 0.369 e. The third kappa shape index (κ3) is 2.25. The molecule has 1 saturated heterocycles. The average Bonchev–Trinajstić information content (AvgIpc) is 2.42. The molecule has 1 aliphatic rings. The average molecular weight is 144 g/mol. The van der Waals surface area contributed by atoms with E-state index in [0.29, 0.717) is 12.2 Å². The lowest BCUT2D eigenvalue weighted by Crippen LogP contribution is -2.47. The van der Waals surface area contributed by atoms with Crippen molar-refractivity contribution in [3.63, 3.8) is 0 Å². The summed E-state index contributed by atoms with van der Waals surface area (Å²) in [5.41, 5.74) is 10.6. The summed E-state index contributed by atoms with van der Waals surface area (Å²) in [7, 11) is 0. The van der Waals surface area contributed by atoms with E-state index in [1.54, 1.807) is 0 Å². The number of nitrogens with two attached hydrogens (primary N) is 2. The maximum absolute atomic E-state index is 5.59. The Bertz CT molecular complexity index is 119. The highest BCUT2D eigenvalue weighted by Gasteiger charge is 2.39. The lowest BCUT2D eigenvalue weighted by Gasteiger charge is -2.16. The second-order valence-corrected chi connectivity index (χ2v) is 3.33. The maximum Gasteiger partial charge on any atom is 0.0871 e. The highest BCUT2D eigenvalue weighted by atomic mass is 16.6. The van der Waals surface area contributed by atoms with E-state index >= 15 is 0 Å². The molecular weight excluding hydrogens is 128 g/mol. The monoisotopic (exact) mass is 144 g/mol. The van der Waals surface area contributed by atoms with Gasteiger partial charge in [0.1, 0.15) is 0 Å². The molecule has 1 fully saturated rings. The van der Waals surface area contributed by atoms with Gasteiger partial charge in [0.15, 0.2) is 0 Å². The molecule has 1 rings (SSSR count). The van der Waals surface area contributed by atoms with Gasteiger partial charge in [-0.2, -0.15) is 0 Å². The van der Waals surface area contributed by atoms with Crippen LogP contribution < -0.4 is 11.5 Å². The second-order valence-electron chi connectivity index (χ2n) is 3.33. The third-order valence-corrected chi connectivity index (χ3v) is 1.73. The first-order valence-corrected chi connectivity index (χ1v) is 3.76. The number of epoxide rings is 1. The van der Waals surface area contributed by atoms with Gasteiger partial charge in [-0.25, -0.2) is 0 Å². The Hall–Kier alpha value is -0.120. The van der Waals surface area contributed by atoms with E-state index in [9.17, 15) is 0 Å². The second kappa shape index (κ2) is 2.49. The maximum atomic E-state index is 5.59. The molecule has 0 aromatic heterocycles. The molecule has 1 aliphatic heterocycles. The Kier molecular flexibility index (Phi) is 1.99. The summed E-state index contributed by atoms with van der Waals surface area (Å²) < 4.78 is 5.28. The molecule has 0 radical (unpaired) electrons. The third-order valence-electron chi connectivity index (χ3n) is 1.73. The minimum absolute atomic E-state index is 0.324. The van der Waals surface area contributed by atoms with Crippen LogP contribution in [0.1, 0.15) is 26.7 Å². The fourth-order valence-electron chi connectivity index (χ4n) is 1.15. The number of hydrogen-bond donors (Lipinski definition) is 2. The van der Waals surface area contributed by atoms with Crippen LogP contribution in [0.2, 0.25) is 0 Å². The zero-order valence-electron chi connectivity index (χ0n) is 6.63. The van der Waals surface area contributed by atoms with Gasteiger partial charge < -0.3 is 16.2 Å². The van der Waals surface area contributed by atoms with Gasteiger partial charge in [0.25, 0.3) is 0 Å². The van der Waals surface area contributed by atoms with Gasteiger partial charge in [-0.3, -0.25) is 0 Å². The van der Waals surface area contributed by atoms with Gasteiger partial charge in [-0.05, 0) is 13.3 Å². The molecule has 3 nitrogen and oxygen atoms in total. The van der Waals surface area contributed by atoms with Crippen molar-refractivity contribution in [1.29, 1.82) is 0 Å². The molecule has 0 aromatic carbocycles. The summed E-state index contributed by atoms with van der Waals surface area (Å²) in [6.45, 7) is 3.93. The van der Waals surface area contributed by atoms with Crippen molar-refractivity contribution < 1.29 is 4.74 Å². The van der Waals surface area contributed by atoms with Crippen molar-refractivity contribution in [2.75, 3.05) is 0 Å². The fourth-order valence-corrected chi connectivity index (χ4v) is 1.15. The van der Waals surface area contributed by atoms with Gasteiger partial charge in [0.05, 0.1) is 17.9 Å². The molecule has 0 aromatic rings. The first-order chi connectivity index (χ1) is 4.53. The summed E-state index contributed by atoms with van der Waals surface area (Å²) in [4.78, 5) is 0. The Morgan fingerprint density at radius 2 is 2.00 bits per heavy atom. The van der Waals surface area contributed by atoms with Crippen LogP contribution >= 0.6 is 0 Å². The zero-order valence-corrected chi connectivity index (χ0v) is 6.63. The molecule has 4 N–H and O–H groups in total. The summed E-state index contributed by atoms with van der Waals surface area (Å²) in [6.07, 6.45) is 2.59. The van der Waals surface area contributed by atoms with Crippen molar-refractivity contribution in [3.8, 4) is 0 Å². The molecule has 0 saturated carbocycles. The fraction of sp³-hybridized carbons (Fsp3) is 1.00. The van der Waals surface area contributed by atoms with Gasteiger partial charge in [-0.1, -0.05) is 6.92 Å². The quantitative estimate of drug-likeness (QED) is 0.439. The van der Waals surface area contributed by atoms with Crippen molar-refractivity contribution in [2.45, 2.75) is 44.6 Å². The highest BCUT2D eigenvalue weighted by molar-refractivity contribution is 4.89. The smallest absolute Gasteiger partial charge is 0.0871 e. The van der Waals surface area contributed by atoms with Gasteiger partial charge in [0, 0.05) is 6.42 Å². The number of hydrogen-bond acceptors (Lipinski definition) is 3. The Morgan fingerprint density at radius 1 is 1.40 bits per heavy atom. The minimum atomic E-state index is -0.561. The number of rotatable bonds is 3. The molecule has 3 heteroatoms. The van der Waals surface area contributed by atoms with Crippen LogP contribution in [0.5, 0.6) is 0 Å². The molecule has 0 spiro atoms. The lowest BCUT2D eigenvalue weighted by molar-refractivity contribution is 0.323. The van der Waals surface area contributed by atoms with E-state index in [4.69, 9.17) is 16.2 Å². The molecule has 1 unspecified atom stereocenters. The molecule has 0 amide bonds. The zero-order chi connectivity index (χ0) is 7.78. The Balaban J connectivity index is 2.18.